The molecule has 1 atom stereocenters. The van der Waals surface area contributed by atoms with E-state index in [1.165, 1.54) is 0 Å². The lowest BCUT2D eigenvalue weighted by molar-refractivity contribution is 0.573. The van der Waals surface area contributed by atoms with Gasteiger partial charge in [0.1, 0.15) is 0 Å². The predicted octanol–water partition coefficient (Wildman–Crippen LogP) is 2.06. The van der Waals surface area contributed by atoms with Crippen molar-refractivity contribution in [2.75, 3.05) is 6.26 Å². The topological polar surface area (TPSA) is 46.2 Å². The molecule has 0 heterocycles. The first-order chi connectivity index (χ1) is 6.40. The van der Waals surface area contributed by atoms with Crippen LogP contribution >= 0.6 is 15.9 Å². The van der Waals surface area contributed by atoms with Gasteiger partial charge in [-0.3, -0.25) is 0 Å². The largest absolute Gasteiger partial charge is 0.213 e. The van der Waals surface area contributed by atoms with Gasteiger partial charge in [0.2, 0.25) is 10.0 Å². The summed E-state index contributed by atoms with van der Waals surface area (Å²) in [6.45, 7) is 1.81. The van der Waals surface area contributed by atoms with Crippen LogP contribution in [0.2, 0.25) is 0 Å². The molecule has 3 nitrogen and oxygen atoms in total. The molecule has 0 bridgehead atoms. The number of nitrogens with one attached hydrogen (secondary N) is 1. The lowest BCUT2D eigenvalue weighted by Gasteiger charge is -2.13. The fourth-order valence-corrected chi connectivity index (χ4v) is 2.61. The highest BCUT2D eigenvalue weighted by molar-refractivity contribution is 9.10. The lowest BCUT2D eigenvalue weighted by Crippen LogP contribution is -2.25. The number of halogens is 1. The maximum absolute atomic E-state index is 11.0. The van der Waals surface area contributed by atoms with Gasteiger partial charge in [-0.05, 0) is 18.6 Å². The van der Waals surface area contributed by atoms with Crippen LogP contribution in [0, 0.1) is 0 Å². The van der Waals surface area contributed by atoms with Gasteiger partial charge in [0.05, 0.1) is 6.26 Å². The fourth-order valence-electron chi connectivity index (χ4n) is 1.21. The molecule has 14 heavy (non-hydrogen) atoms. The summed E-state index contributed by atoms with van der Waals surface area (Å²) in [5.74, 6) is 0. The summed E-state index contributed by atoms with van der Waals surface area (Å²) in [5, 5.41) is 0. The Morgan fingerprint density at radius 2 is 1.93 bits per heavy atom. The van der Waals surface area contributed by atoms with Crippen molar-refractivity contribution in [3.05, 3.63) is 34.3 Å². The zero-order valence-electron chi connectivity index (χ0n) is 7.99. The molecule has 1 N–H and O–H groups in total. The molecule has 0 fully saturated rings. The van der Waals surface area contributed by atoms with Gasteiger partial charge in [-0.2, -0.15) is 0 Å². The minimum Gasteiger partial charge on any atom is -0.213 e. The molecule has 0 aliphatic heterocycles. The summed E-state index contributed by atoms with van der Waals surface area (Å²) >= 11 is 3.37. The van der Waals surface area contributed by atoms with Crippen molar-refractivity contribution < 1.29 is 8.42 Å². The van der Waals surface area contributed by atoms with Crippen LogP contribution in [-0.4, -0.2) is 14.7 Å². The average Bonchev–Trinajstić information content (AvgIpc) is 2.01. The van der Waals surface area contributed by atoms with E-state index in [9.17, 15) is 8.42 Å². The van der Waals surface area contributed by atoms with Crippen LogP contribution < -0.4 is 4.72 Å². The van der Waals surface area contributed by atoms with Crippen molar-refractivity contribution in [1.82, 2.24) is 4.72 Å². The van der Waals surface area contributed by atoms with E-state index in [0.717, 1.165) is 16.3 Å². The Morgan fingerprint density at radius 1 is 1.36 bits per heavy atom. The highest BCUT2D eigenvalue weighted by atomic mass is 79.9. The van der Waals surface area contributed by atoms with Crippen molar-refractivity contribution in [1.29, 1.82) is 0 Å². The Morgan fingerprint density at radius 3 is 2.43 bits per heavy atom. The highest BCUT2D eigenvalue weighted by Gasteiger charge is 2.12. The highest BCUT2D eigenvalue weighted by Crippen LogP contribution is 2.22. The smallest absolute Gasteiger partial charge is 0.209 e. The first-order valence-corrected chi connectivity index (χ1v) is 6.80. The predicted molar refractivity (Wildman–Crippen MR) is 60.5 cm³/mol. The molecule has 0 aliphatic carbocycles. The molecule has 0 unspecified atom stereocenters. The van der Waals surface area contributed by atoms with Gasteiger partial charge < -0.3 is 0 Å². The van der Waals surface area contributed by atoms with Crippen molar-refractivity contribution in [2.45, 2.75) is 13.0 Å². The molecular formula is C9H12BrNO2S. The Balaban J connectivity index is 2.90. The Labute approximate surface area is 92.7 Å². The lowest BCUT2D eigenvalue weighted by atomic mass is 10.1. The average molecular weight is 278 g/mol. The summed E-state index contributed by atoms with van der Waals surface area (Å²) in [4.78, 5) is 0. The van der Waals surface area contributed by atoms with Gasteiger partial charge in [-0.25, -0.2) is 13.1 Å². The maximum atomic E-state index is 11.0. The molecule has 0 aromatic heterocycles. The van der Waals surface area contributed by atoms with Gasteiger partial charge in [0, 0.05) is 10.5 Å². The van der Waals surface area contributed by atoms with Gasteiger partial charge in [-0.15, -0.1) is 0 Å². The van der Waals surface area contributed by atoms with Crippen molar-refractivity contribution >= 4 is 26.0 Å². The molecule has 1 aromatic carbocycles. The summed E-state index contributed by atoms with van der Waals surface area (Å²) in [5.41, 5.74) is 0.929. The van der Waals surface area contributed by atoms with Gasteiger partial charge in [-0.1, -0.05) is 34.1 Å². The van der Waals surface area contributed by atoms with Gasteiger partial charge >= 0.3 is 0 Å². The van der Waals surface area contributed by atoms with E-state index in [-0.39, 0.29) is 6.04 Å². The molecule has 0 saturated heterocycles. The monoisotopic (exact) mass is 277 g/mol. The summed E-state index contributed by atoms with van der Waals surface area (Å²) in [6, 6.07) is 7.31. The Kier molecular flexibility index (Phi) is 3.69. The zero-order valence-corrected chi connectivity index (χ0v) is 10.4. The van der Waals surface area contributed by atoms with Gasteiger partial charge in [0.25, 0.3) is 0 Å². The van der Waals surface area contributed by atoms with E-state index in [1.807, 2.05) is 24.3 Å². The molecule has 0 spiro atoms. The summed E-state index contributed by atoms with van der Waals surface area (Å²) < 4.78 is 25.4. The first-order valence-electron chi connectivity index (χ1n) is 4.12. The van der Waals surface area contributed by atoms with Crippen molar-refractivity contribution in [2.24, 2.45) is 0 Å². The van der Waals surface area contributed by atoms with E-state index >= 15 is 0 Å². The molecule has 0 radical (unpaired) electrons. The fraction of sp³-hybridized carbons (Fsp3) is 0.333. The van der Waals surface area contributed by atoms with Crippen molar-refractivity contribution in [3.63, 3.8) is 0 Å². The van der Waals surface area contributed by atoms with Crippen LogP contribution in [0.25, 0.3) is 0 Å². The second-order valence-corrected chi connectivity index (χ2v) is 5.77. The third kappa shape index (κ3) is 3.40. The van der Waals surface area contributed by atoms with Crippen LogP contribution in [0.1, 0.15) is 18.5 Å². The molecule has 0 amide bonds. The van der Waals surface area contributed by atoms with E-state index in [2.05, 4.69) is 20.7 Å². The van der Waals surface area contributed by atoms with Crippen molar-refractivity contribution in [3.8, 4) is 0 Å². The van der Waals surface area contributed by atoms with Crippen LogP contribution in [0.5, 0.6) is 0 Å². The van der Waals surface area contributed by atoms with Crippen LogP contribution in [0.15, 0.2) is 28.7 Å². The van der Waals surface area contributed by atoms with E-state index < -0.39 is 10.0 Å². The third-order valence-corrected chi connectivity index (χ3v) is 3.27. The SMILES string of the molecule is C[C@H](NS(C)(=O)=O)c1ccccc1Br. The van der Waals surface area contributed by atoms with Gasteiger partial charge in [0.15, 0.2) is 0 Å². The molecule has 1 rings (SSSR count). The Hall–Kier alpha value is -0.390. The number of rotatable bonds is 3. The number of sulfonamides is 1. The van der Waals surface area contributed by atoms with Crippen LogP contribution in [0.4, 0.5) is 0 Å². The minimum atomic E-state index is -3.16. The molecule has 0 saturated carbocycles. The minimum absolute atomic E-state index is 0.222. The van der Waals surface area contributed by atoms with E-state index in [4.69, 9.17) is 0 Å². The standard InChI is InChI=1S/C9H12BrNO2S/c1-7(11-14(2,12)13)8-5-3-4-6-9(8)10/h3-7,11H,1-2H3/t7-/m0/s1. The second-order valence-electron chi connectivity index (χ2n) is 3.13. The quantitative estimate of drug-likeness (QED) is 0.919. The van der Waals surface area contributed by atoms with Crippen LogP contribution in [-0.2, 0) is 10.0 Å². The molecular weight excluding hydrogens is 266 g/mol. The van der Waals surface area contributed by atoms with E-state index in [0.29, 0.717) is 0 Å². The summed E-state index contributed by atoms with van der Waals surface area (Å²) in [7, 11) is -3.16. The molecule has 1 aromatic rings. The summed E-state index contributed by atoms with van der Waals surface area (Å²) in [6.07, 6.45) is 1.15. The number of hydrogen-bond acceptors (Lipinski definition) is 2. The first kappa shape index (κ1) is 11.7. The zero-order chi connectivity index (χ0) is 10.8. The maximum Gasteiger partial charge on any atom is 0.209 e. The second kappa shape index (κ2) is 4.42. The number of hydrogen-bond donors (Lipinski definition) is 1. The number of benzene rings is 1. The van der Waals surface area contributed by atoms with Crippen LogP contribution in [0.3, 0.4) is 0 Å². The normalized spacial score (nSPS) is 13.9. The molecule has 0 aliphatic rings. The Bertz CT molecular complexity index is 417. The molecule has 5 heteroatoms. The third-order valence-electron chi connectivity index (χ3n) is 1.76. The van der Waals surface area contributed by atoms with E-state index in [1.54, 1.807) is 6.92 Å². The molecule has 78 valence electrons.